The quantitative estimate of drug-likeness (QED) is 0.540. The van der Waals surface area contributed by atoms with Crippen molar-refractivity contribution in [1.29, 1.82) is 0 Å². The molecule has 0 aliphatic rings. The van der Waals surface area contributed by atoms with E-state index in [4.69, 9.17) is 4.74 Å². The molecule has 1 rings (SSSR count). The number of rotatable bonds is 8. The van der Waals surface area contributed by atoms with E-state index < -0.39 is 0 Å². The molecule has 1 amide bonds. The molecular weight excluding hydrogens is 355 g/mol. The molecular formula is C14H21IN2O2. The Morgan fingerprint density at radius 3 is 2.68 bits per heavy atom. The minimum atomic E-state index is 0.0771. The molecule has 0 bridgehead atoms. The van der Waals surface area contributed by atoms with Crippen LogP contribution in [0.4, 0.5) is 0 Å². The lowest BCUT2D eigenvalue weighted by molar-refractivity contribution is -0.121. The van der Waals surface area contributed by atoms with Gasteiger partial charge >= 0.3 is 0 Å². The van der Waals surface area contributed by atoms with Gasteiger partial charge in [-0.2, -0.15) is 0 Å². The third-order valence-electron chi connectivity index (χ3n) is 2.73. The van der Waals surface area contributed by atoms with Gasteiger partial charge in [0.15, 0.2) is 0 Å². The van der Waals surface area contributed by atoms with Gasteiger partial charge in [0, 0.05) is 22.6 Å². The lowest BCUT2D eigenvalue weighted by atomic mass is 10.3. The Morgan fingerprint density at radius 1 is 1.37 bits per heavy atom. The van der Waals surface area contributed by atoms with Crippen molar-refractivity contribution < 1.29 is 9.53 Å². The van der Waals surface area contributed by atoms with E-state index in [-0.39, 0.29) is 5.91 Å². The zero-order chi connectivity index (χ0) is 14.1. The molecule has 1 aromatic rings. The van der Waals surface area contributed by atoms with Crippen molar-refractivity contribution >= 4 is 28.5 Å². The average molecular weight is 376 g/mol. The number of likely N-dealkylation sites (N-methyl/N-ethyl adjacent to an activating group) is 1. The van der Waals surface area contributed by atoms with Crippen molar-refractivity contribution in [3.63, 3.8) is 0 Å². The van der Waals surface area contributed by atoms with Crippen LogP contribution in [0.2, 0.25) is 0 Å². The van der Waals surface area contributed by atoms with Gasteiger partial charge in [0.25, 0.3) is 0 Å². The standard InChI is InChI=1S/C14H21IN2O2/c1-11(16-2)10-17-14(18)4-3-9-19-13-7-5-12(15)6-8-13/h5-8,11,16H,3-4,9-10H2,1-2H3,(H,17,18). The van der Waals surface area contributed by atoms with E-state index in [1.807, 2.05) is 38.2 Å². The Morgan fingerprint density at radius 2 is 2.05 bits per heavy atom. The summed E-state index contributed by atoms with van der Waals surface area (Å²) in [6.45, 7) is 3.25. The number of hydrogen-bond acceptors (Lipinski definition) is 3. The number of benzene rings is 1. The summed E-state index contributed by atoms with van der Waals surface area (Å²) in [5.41, 5.74) is 0. The number of amides is 1. The van der Waals surface area contributed by atoms with Crippen LogP contribution >= 0.6 is 22.6 Å². The molecule has 5 heteroatoms. The van der Waals surface area contributed by atoms with Crippen LogP contribution in [0.1, 0.15) is 19.8 Å². The largest absolute Gasteiger partial charge is 0.494 e. The summed E-state index contributed by atoms with van der Waals surface area (Å²) in [6, 6.07) is 8.18. The van der Waals surface area contributed by atoms with E-state index in [2.05, 4.69) is 33.2 Å². The number of carbonyl (C=O) groups excluding carboxylic acids is 1. The second-order valence-electron chi connectivity index (χ2n) is 4.40. The van der Waals surface area contributed by atoms with Crippen LogP contribution in [0.3, 0.4) is 0 Å². The highest BCUT2D eigenvalue weighted by atomic mass is 127. The van der Waals surface area contributed by atoms with Crippen molar-refractivity contribution in [3.05, 3.63) is 27.8 Å². The number of ether oxygens (including phenoxy) is 1. The molecule has 0 aromatic heterocycles. The van der Waals surface area contributed by atoms with Gasteiger partial charge in [-0.15, -0.1) is 0 Å². The van der Waals surface area contributed by atoms with Gasteiger partial charge in [0.2, 0.25) is 5.91 Å². The summed E-state index contributed by atoms with van der Waals surface area (Å²) < 4.78 is 6.75. The smallest absolute Gasteiger partial charge is 0.220 e. The van der Waals surface area contributed by atoms with Crippen LogP contribution in [-0.4, -0.2) is 32.1 Å². The van der Waals surface area contributed by atoms with Crippen LogP contribution in [0, 0.1) is 3.57 Å². The maximum absolute atomic E-state index is 11.5. The highest BCUT2D eigenvalue weighted by Gasteiger charge is 2.03. The first-order chi connectivity index (χ1) is 9.11. The molecule has 1 aromatic carbocycles. The number of halogens is 1. The Labute approximate surface area is 128 Å². The molecule has 1 atom stereocenters. The number of hydrogen-bond donors (Lipinski definition) is 2. The van der Waals surface area contributed by atoms with Crippen LogP contribution in [-0.2, 0) is 4.79 Å². The molecule has 0 spiro atoms. The highest BCUT2D eigenvalue weighted by molar-refractivity contribution is 14.1. The summed E-state index contributed by atoms with van der Waals surface area (Å²) in [7, 11) is 1.88. The second-order valence-corrected chi connectivity index (χ2v) is 5.65. The summed E-state index contributed by atoms with van der Waals surface area (Å²) in [6.07, 6.45) is 1.23. The SMILES string of the molecule is CNC(C)CNC(=O)CCCOc1ccc(I)cc1. The molecule has 0 radical (unpaired) electrons. The van der Waals surface area contributed by atoms with Crippen LogP contribution in [0.5, 0.6) is 5.75 Å². The maximum Gasteiger partial charge on any atom is 0.220 e. The van der Waals surface area contributed by atoms with Crippen LogP contribution in [0.25, 0.3) is 0 Å². The van der Waals surface area contributed by atoms with E-state index in [0.717, 1.165) is 12.2 Å². The van der Waals surface area contributed by atoms with Crippen molar-refractivity contribution in [2.24, 2.45) is 0 Å². The molecule has 0 saturated carbocycles. The normalized spacial score (nSPS) is 11.9. The molecule has 0 aliphatic heterocycles. The first-order valence-electron chi connectivity index (χ1n) is 6.44. The highest BCUT2D eigenvalue weighted by Crippen LogP contribution is 2.13. The number of nitrogens with one attached hydrogen (secondary N) is 2. The van der Waals surface area contributed by atoms with Gasteiger partial charge in [0.05, 0.1) is 6.61 Å². The van der Waals surface area contributed by atoms with Crippen LogP contribution < -0.4 is 15.4 Å². The molecule has 2 N–H and O–H groups in total. The molecule has 1 unspecified atom stereocenters. The molecule has 0 aliphatic carbocycles. The van der Waals surface area contributed by atoms with Crippen molar-refractivity contribution in [2.45, 2.75) is 25.8 Å². The molecule has 0 heterocycles. The second kappa shape index (κ2) is 9.14. The average Bonchev–Trinajstić information content (AvgIpc) is 2.42. The van der Waals surface area contributed by atoms with Crippen molar-refractivity contribution in [1.82, 2.24) is 10.6 Å². The number of carbonyl (C=O) groups is 1. The predicted molar refractivity (Wildman–Crippen MR) is 85.4 cm³/mol. The molecule has 0 fully saturated rings. The lowest BCUT2D eigenvalue weighted by Gasteiger charge is -2.11. The van der Waals surface area contributed by atoms with Gasteiger partial charge in [-0.25, -0.2) is 0 Å². The topological polar surface area (TPSA) is 50.4 Å². The van der Waals surface area contributed by atoms with Gasteiger partial charge in [-0.1, -0.05) is 0 Å². The fourth-order valence-electron chi connectivity index (χ4n) is 1.41. The van der Waals surface area contributed by atoms with E-state index in [1.165, 1.54) is 3.57 Å². The van der Waals surface area contributed by atoms with E-state index in [1.54, 1.807) is 0 Å². The summed E-state index contributed by atoms with van der Waals surface area (Å²) in [4.78, 5) is 11.5. The zero-order valence-corrected chi connectivity index (χ0v) is 13.6. The first-order valence-corrected chi connectivity index (χ1v) is 7.52. The fourth-order valence-corrected chi connectivity index (χ4v) is 1.77. The fraction of sp³-hybridized carbons (Fsp3) is 0.500. The Balaban J connectivity index is 2.10. The third kappa shape index (κ3) is 7.37. The Kier molecular flexibility index (Phi) is 7.81. The molecule has 4 nitrogen and oxygen atoms in total. The molecule has 19 heavy (non-hydrogen) atoms. The zero-order valence-electron chi connectivity index (χ0n) is 11.4. The Bertz CT molecular complexity index is 382. The van der Waals surface area contributed by atoms with E-state index >= 15 is 0 Å². The van der Waals surface area contributed by atoms with Gasteiger partial charge in [-0.3, -0.25) is 4.79 Å². The van der Waals surface area contributed by atoms with Gasteiger partial charge in [-0.05, 0) is 67.2 Å². The monoisotopic (exact) mass is 376 g/mol. The summed E-state index contributed by atoms with van der Waals surface area (Å²) in [5, 5.41) is 5.96. The molecule has 106 valence electrons. The van der Waals surface area contributed by atoms with E-state index in [0.29, 0.717) is 25.6 Å². The summed E-state index contributed by atoms with van der Waals surface area (Å²) in [5.74, 6) is 0.929. The van der Waals surface area contributed by atoms with Crippen molar-refractivity contribution in [2.75, 3.05) is 20.2 Å². The van der Waals surface area contributed by atoms with E-state index in [9.17, 15) is 4.79 Å². The lowest BCUT2D eigenvalue weighted by Crippen LogP contribution is -2.37. The van der Waals surface area contributed by atoms with Crippen LogP contribution in [0.15, 0.2) is 24.3 Å². The predicted octanol–water partition coefficient (Wildman–Crippen LogP) is 2.17. The van der Waals surface area contributed by atoms with Gasteiger partial charge in [0.1, 0.15) is 5.75 Å². The third-order valence-corrected chi connectivity index (χ3v) is 3.45. The minimum absolute atomic E-state index is 0.0771. The molecule has 0 saturated heterocycles. The maximum atomic E-state index is 11.5. The van der Waals surface area contributed by atoms with Gasteiger partial charge < -0.3 is 15.4 Å². The summed E-state index contributed by atoms with van der Waals surface area (Å²) >= 11 is 2.25. The van der Waals surface area contributed by atoms with Crippen molar-refractivity contribution in [3.8, 4) is 5.75 Å². The minimum Gasteiger partial charge on any atom is -0.494 e. The first kappa shape index (κ1) is 16.2. The Hall–Kier alpha value is -0.820.